The molecular formula is C18H18F4N2O4S. The van der Waals surface area contributed by atoms with Crippen LogP contribution in [0.2, 0.25) is 0 Å². The van der Waals surface area contributed by atoms with Crippen molar-refractivity contribution in [2.75, 3.05) is 11.3 Å². The zero-order valence-corrected chi connectivity index (χ0v) is 15.9. The number of alkyl halides is 2. The van der Waals surface area contributed by atoms with Gasteiger partial charge >= 0.3 is 6.61 Å². The Balaban J connectivity index is 1.59. The van der Waals surface area contributed by atoms with Crippen molar-refractivity contribution < 1.29 is 35.5 Å². The number of aromatic nitrogens is 1. The number of hydrogen-bond donors (Lipinski definition) is 2. The second kappa shape index (κ2) is 7.21. The van der Waals surface area contributed by atoms with Crippen LogP contribution in [0.25, 0.3) is 0 Å². The Morgan fingerprint density at radius 1 is 1.21 bits per heavy atom. The Labute approximate surface area is 164 Å². The molecule has 1 aromatic carbocycles. The summed E-state index contributed by atoms with van der Waals surface area (Å²) < 4.78 is 89.7. The van der Waals surface area contributed by atoms with Crippen LogP contribution in [0.1, 0.15) is 30.5 Å². The first-order valence-corrected chi connectivity index (χ1v) is 10.5. The van der Waals surface area contributed by atoms with E-state index >= 15 is 0 Å². The van der Waals surface area contributed by atoms with Gasteiger partial charge in [-0.25, -0.2) is 17.2 Å². The fourth-order valence-electron chi connectivity index (χ4n) is 4.00. The number of H-pyrrole nitrogens is 1. The largest absolute Gasteiger partial charge is 0.432 e. The monoisotopic (exact) mass is 434 g/mol. The minimum Gasteiger partial charge on any atom is -0.432 e. The van der Waals surface area contributed by atoms with Crippen molar-refractivity contribution in [2.45, 2.75) is 49.2 Å². The summed E-state index contributed by atoms with van der Waals surface area (Å²) in [6.45, 7) is -2.66. The van der Waals surface area contributed by atoms with Crippen LogP contribution in [-0.4, -0.2) is 32.2 Å². The number of anilines is 1. The van der Waals surface area contributed by atoms with E-state index in [1.165, 1.54) is 6.20 Å². The molecule has 1 spiro atoms. The maximum Gasteiger partial charge on any atom is 0.387 e. The molecule has 6 nitrogen and oxygen atoms in total. The van der Waals surface area contributed by atoms with E-state index in [0.717, 1.165) is 18.5 Å². The summed E-state index contributed by atoms with van der Waals surface area (Å²) in [6, 6.07) is 0.832. The third-order valence-corrected chi connectivity index (χ3v) is 6.76. The van der Waals surface area contributed by atoms with Gasteiger partial charge in [-0.3, -0.25) is 4.72 Å². The van der Waals surface area contributed by atoms with Crippen LogP contribution < -0.4 is 9.46 Å². The van der Waals surface area contributed by atoms with E-state index in [9.17, 15) is 26.0 Å². The first-order chi connectivity index (χ1) is 13.7. The number of halogens is 4. The van der Waals surface area contributed by atoms with Crippen LogP contribution in [0.3, 0.4) is 0 Å². The van der Waals surface area contributed by atoms with E-state index in [2.05, 4.69) is 9.72 Å². The molecule has 0 radical (unpaired) electrons. The zero-order valence-electron chi connectivity index (χ0n) is 15.1. The molecule has 1 aliphatic heterocycles. The van der Waals surface area contributed by atoms with Gasteiger partial charge in [-0.2, -0.15) is 8.78 Å². The van der Waals surface area contributed by atoms with E-state index < -0.39 is 39.7 Å². The topological polar surface area (TPSA) is 80.4 Å². The van der Waals surface area contributed by atoms with Crippen molar-refractivity contribution in [2.24, 2.45) is 0 Å². The second-order valence-corrected chi connectivity index (χ2v) is 8.82. The fourth-order valence-corrected chi connectivity index (χ4v) is 5.31. The molecule has 1 fully saturated rings. The lowest BCUT2D eigenvalue weighted by molar-refractivity contribution is -0.0523. The van der Waals surface area contributed by atoms with Gasteiger partial charge in [0.2, 0.25) is 0 Å². The number of sulfonamides is 1. The summed E-state index contributed by atoms with van der Waals surface area (Å²) in [5, 5.41) is 0. The van der Waals surface area contributed by atoms with Gasteiger partial charge in [0, 0.05) is 37.1 Å². The molecule has 1 aliphatic carbocycles. The molecule has 0 saturated carbocycles. The van der Waals surface area contributed by atoms with Crippen LogP contribution >= 0.6 is 0 Å². The molecule has 1 saturated heterocycles. The van der Waals surface area contributed by atoms with Gasteiger partial charge in [0.1, 0.15) is 4.90 Å². The lowest BCUT2D eigenvalue weighted by atomic mass is 9.82. The van der Waals surface area contributed by atoms with Crippen LogP contribution in [-0.2, 0) is 27.6 Å². The average molecular weight is 434 g/mol. The molecule has 2 heterocycles. The van der Waals surface area contributed by atoms with Crippen molar-refractivity contribution in [1.29, 1.82) is 0 Å². The Hall–Kier alpha value is -2.27. The molecule has 2 aliphatic rings. The molecular weight excluding hydrogens is 416 g/mol. The third kappa shape index (κ3) is 3.80. The lowest BCUT2D eigenvalue weighted by Crippen LogP contribution is -2.35. The highest BCUT2D eigenvalue weighted by Crippen LogP contribution is 2.40. The number of aromatic amines is 1. The summed E-state index contributed by atoms with van der Waals surface area (Å²) in [5.74, 6) is -3.57. The second-order valence-electron chi connectivity index (χ2n) is 7.17. The summed E-state index contributed by atoms with van der Waals surface area (Å²) in [4.78, 5) is 2.89. The first-order valence-electron chi connectivity index (χ1n) is 8.99. The summed E-state index contributed by atoms with van der Waals surface area (Å²) in [5.41, 5.74) is 0.343. The first kappa shape index (κ1) is 20.0. The van der Waals surface area contributed by atoms with Gasteiger partial charge in [-0.1, -0.05) is 0 Å². The van der Waals surface area contributed by atoms with Gasteiger partial charge in [-0.05, 0) is 31.2 Å². The molecule has 4 rings (SSSR count). The predicted molar refractivity (Wildman–Crippen MR) is 94.5 cm³/mol. The minimum atomic E-state index is -4.24. The Kier molecular flexibility index (Phi) is 4.97. The molecule has 2 N–H and O–H groups in total. The maximum absolute atomic E-state index is 14.1. The molecule has 11 heteroatoms. The van der Waals surface area contributed by atoms with E-state index in [1.807, 2.05) is 4.72 Å². The number of rotatable bonds is 5. The third-order valence-electron chi connectivity index (χ3n) is 5.33. The summed E-state index contributed by atoms with van der Waals surface area (Å²) in [7, 11) is -4.24. The predicted octanol–water partition coefficient (Wildman–Crippen LogP) is 3.73. The van der Waals surface area contributed by atoms with Gasteiger partial charge < -0.3 is 14.5 Å². The minimum absolute atomic E-state index is 0.0620. The van der Waals surface area contributed by atoms with Crippen molar-refractivity contribution in [3.8, 4) is 5.75 Å². The van der Waals surface area contributed by atoms with Gasteiger partial charge in [0.25, 0.3) is 10.0 Å². The van der Waals surface area contributed by atoms with Gasteiger partial charge in [-0.15, -0.1) is 0 Å². The molecule has 1 aromatic heterocycles. The number of nitrogens with one attached hydrogen (secondary N) is 2. The van der Waals surface area contributed by atoms with Crippen molar-refractivity contribution in [1.82, 2.24) is 4.98 Å². The van der Waals surface area contributed by atoms with Crippen molar-refractivity contribution in [3.63, 3.8) is 0 Å². The van der Waals surface area contributed by atoms with Gasteiger partial charge in [0.15, 0.2) is 17.4 Å². The lowest BCUT2D eigenvalue weighted by Gasteiger charge is -2.32. The summed E-state index contributed by atoms with van der Waals surface area (Å²) in [6.07, 6.45) is 4.86. The highest BCUT2D eigenvalue weighted by atomic mass is 32.2. The van der Waals surface area contributed by atoms with Crippen molar-refractivity contribution in [3.05, 3.63) is 41.2 Å². The summed E-state index contributed by atoms with van der Waals surface area (Å²) >= 11 is 0. The Bertz CT molecular complexity index is 1030. The van der Waals surface area contributed by atoms with Crippen LogP contribution in [0.15, 0.2) is 23.2 Å². The number of hydrogen-bond acceptors (Lipinski definition) is 4. The smallest absolute Gasteiger partial charge is 0.387 e. The van der Waals surface area contributed by atoms with E-state index in [-0.39, 0.29) is 10.5 Å². The van der Waals surface area contributed by atoms with Crippen molar-refractivity contribution >= 4 is 15.7 Å². The quantitative estimate of drug-likeness (QED) is 0.703. The average Bonchev–Trinajstić information content (AvgIpc) is 3.26. The van der Waals surface area contributed by atoms with Crippen LogP contribution in [0.5, 0.6) is 5.75 Å². The zero-order chi connectivity index (χ0) is 20.8. The normalized spacial score (nSPS) is 21.6. The van der Waals surface area contributed by atoms with Gasteiger partial charge in [0.05, 0.1) is 11.3 Å². The molecule has 29 heavy (non-hydrogen) atoms. The maximum atomic E-state index is 14.1. The van der Waals surface area contributed by atoms with Crippen LogP contribution in [0, 0.1) is 11.6 Å². The molecule has 2 aromatic rings. The SMILES string of the molecule is O=S(=O)(Nc1cc(F)c(OC(F)F)cc1F)c1c[nH]c2c1CCC1(CCCO1)C2. The number of benzene rings is 1. The number of ether oxygens (including phenoxy) is 2. The standard InChI is InChI=1S/C18H18F4N2O4S/c19-11-7-15(28-17(21)22)12(20)6-13(11)24-29(25,26)16-9-23-14-8-18(3-1-5-27-18)4-2-10(14)16/h6-7,9,17,23-24H,1-5,8H2. The fraction of sp³-hybridized carbons (Fsp3) is 0.444. The molecule has 1 unspecified atom stereocenters. The van der Waals surface area contributed by atoms with E-state index in [4.69, 9.17) is 4.74 Å². The molecule has 0 amide bonds. The van der Waals surface area contributed by atoms with E-state index in [1.54, 1.807) is 0 Å². The molecule has 0 bridgehead atoms. The molecule has 1 atom stereocenters. The molecule has 158 valence electrons. The number of fused-ring (bicyclic) bond motifs is 1. The highest BCUT2D eigenvalue weighted by Gasteiger charge is 2.40. The highest BCUT2D eigenvalue weighted by molar-refractivity contribution is 7.92. The van der Waals surface area contributed by atoms with E-state index in [0.29, 0.717) is 43.6 Å². The Morgan fingerprint density at radius 2 is 2.00 bits per heavy atom. The van der Waals surface area contributed by atoms with Crippen LogP contribution in [0.4, 0.5) is 23.2 Å². The Morgan fingerprint density at radius 3 is 2.69 bits per heavy atom.